The van der Waals surface area contributed by atoms with Gasteiger partial charge in [0.1, 0.15) is 13.2 Å². The number of allylic oxidation sites excluding steroid dienone is 4. The summed E-state index contributed by atoms with van der Waals surface area (Å²) in [4.78, 5) is 38.0. The first-order chi connectivity index (χ1) is 31.0. The predicted molar refractivity (Wildman–Crippen MR) is 270 cm³/mol. The van der Waals surface area contributed by atoms with E-state index >= 15 is 0 Å². The summed E-state index contributed by atoms with van der Waals surface area (Å²) >= 11 is 0. The Bertz CT molecular complexity index is 1020. The average molecular weight is 887 g/mol. The minimum Gasteiger partial charge on any atom is -0.462 e. The van der Waals surface area contributed by atoms with E-state index in [4.69, 9.17) is 14.2 Å². The van der Waals surface area contributed by atoms with E-state index in [1.165, 1.54) is 186 Å². The van der Waals surface area contributed by atoms with Crippen LogP contribution in [0.5, 0.6) is 0 Å². The second-order valence-electron chi connectivity index (χ2n) is 18.8. The van der Waals surface area contributed by atoms with Crippen molar-refractivity contribution in [2.45, 2.75) is 309 Å². The van der Waals surface area contributed by atoms with Gasteiger partial charge < -0.3 is 14.2 Å². The van der Waals surface area contributed by atoms with Crippen molar-refractivity contribution >= 4 is 17.9 Å². The molecular formula is C57H106O6. The van der Waals surface area contributed by atoms with Gasteiger partial charge in [0, 0.05) is 19.3 Å². The van der Waals surface area contributed by atoms with Gasteiger partial charge in [-0.2, -0.15) is 0 Å². The molecule has 0 aliphatic carbocycles. The number of hydrogen-bond acceptors (Lipinski definition) is 6. The maximum Gasteiger partial charge on any atom is 0.306 e. The summed E-state index contributed by atoms with van der Waals surface area (Å²) in [5, 5.41) is 0. The number of hydrogen-bond donors (Lipinski definition) is 0. The van der Waals surface area contributed by atoms with Gasteiger partial charge in [0.05, 0.1) is 0 Å². The van der Waals surface area contributed by atoms with Gasteiger partial charge in [0.25, 0.3) is 0 Å². The third-order valence-electron chi connectivity index (χ3n) is 12.4. The van der Waals surface area contributed by atoms with E-state index in [9.17, 15) is 14.4 Å². The van der Waals surface area contributed by atoms with Crippen LogP contribution in [0.25, 0.3) is 0 Å². The number of ether oxygens (including phenoxy) is 3. The lowest BCUT2D eigenvalue weighted by Crippen LogP contribution is -2.30. The van der Waals surface area contributed by atoms with Gasteiger partial charge in [0.15, 0.2) is 6.10 Å². The molecule has 63 heavy (non-hydrogen) atoms. The Morgan fingerprint density at radius 2 is 0.540 bits per heavy atom. The Kier molecular flexibility index (Phi) is 50.8. The van der Waals surface area contributed by atoms with Gasteiger partial charge >= 0.3 is 17.9 Å². The number of unbranched alkanes of at least 4 members (excludes halogenated alkanes) is 36. The molecule has 6 nitrogen and oxygen atoms in total. The fourth-order valence-corrected chi connectivity index (χ4v) is 8.18. The fraction of sp³-hybridized carbons (Fsp3) is 0.877. The van der Waals surface area contributed by atoms with Crippen LogP contribution >= 0.6 is 0 Å². The molecule has 0 heterocycles. The quantitative estimate of drug-likeness (QED) is 0.0262. The summed E-state index contributed by atoms with van der Waals surface area (Å²) in [6.07, 6.45) is 60.3. The molecule has 0 aromatic heterocycles. The molecule has 0 unspecified atom stereocenters. The smallest absolute Gasteiger partial charge is 0.306 e. The highest BCUT2D eigenvalue weighted by Gasteiger charge is 2.19. The first-order valence-corrected chi connectivity index (χ1v) is 27.8. The van der Waals surface area contributed by atoms with Crippen LogP contribution in [-0.2, 0) is 28.6 Å². The summed E-state index contributed by atoms with van der Waals surface area (Å²) < 4.78 is 16.8. The number of carbonyl (C=O) groups excluding carboxylic acids is 3. The Balaban J connectivity index is 4.23. The van der Waals surface area contributed by atoms with E-state index in [0.717, 1.165) is 77.0 Å². The molecule has 0 amide bonds. The molecular weight excluding hydrogens is 781 g/mol. The summed E-state index contributed by atoms with van der Waals surface area (Å²) in [7, 11) is 0. The molecule has 0 N–H and O–H groups in total. The standard InChI is InChI=1S/C57H106O6/c1-4-7-10-13-16-19-22-24-25-26-27-28-29-30-31-33-36-38-41-44-47-50-56(59)62-53-54(63-57(60)51-48-45-42-39-34-21-18-15-12-9-6-3)52-61-55(58)49-46-43-40-37-35-32-23-20-17-14-11-8-5-2/h15,18,20,23,54H,4-14,16-17,19,21-22,24-53H2,1-3H3/b18-15-,23-20-/t54-/m1/s1. The molecule has 0 fully saturated rings. The van der Waals surface area contributed by atoms with E-state index < -0.39 is 6.10 Å². The van der Waals surface area contributed by atoms with Crippen molar-refractivity contribution in [3.05, 3.63) is 24.3 Å². The Labute approximate surface area is 392 Å². The SMILES string of the molecule is CCCC/C=C\CCCCCCCC(=O)O[C@H](COC(=O)CCCCCCC/C=C\CCCCCC)COC(=O)CCCCCCCCCCCCCCCCCCCCCCC. The van der Waals surface area contributed by atoms with Crippen molar-refractivity contribution in [3.63, 3.8) is 0 Å². The number of esters is 3. The van der Waals surface area contributed by atoms with Gasteiger partial charge in [-0.1, -0.05) is 244 Å². The second kappa shape index (κ2) is 52.5. The molecule has 0 saturated heterocycles. The summed E-state index contributed by atoms with van der Waals surface area (Å²) in [5.74, 6) is -0.877. The molecule has 0 bridgehead atoms. The average Bonchev–Trinajstić information content (AvgIpc) is 3.28. The van der Waals surface area contributed by atoms with Crippen molar-refractivity contribution in [1.29, 1.82) is 0 Å². The van der Waals surface area contributed by atoms with E-state index in [1.54, 1.807) is 0 Å². The van der Waals surface area contributed by atoms with Crippen LogP contribution in [0, 0.1) is 0 Å². The molecule has 370 valence electrons. The zero-order chi connectivity index (χ0) is 45.8. The van der Waals surface area contributed by atoms with Gasteiger partial charge in [-0.05, 0) is 64.2 Å². The van der Waals surface area contributed by atoms with Crippen LogP contribution in [0.2, 0.25) is 0 Å². The molecule has 0 rings (SSSR count). The minimum atomic E-state index is -0.774. The van der Waals surface area contributed by atoms with E-state index in [2.05, 4.69) is 45.1 Å². The molecule has 0 aromatic rings. The van der Waals surface area contributed by atoms with Gasteiger partial charge in [-0.25, -0.2) is 0 Å². The first kappa shape index (κ1) is 60.9. The molecule has 6 heteroatoms. The highest BCUT2D eigenvalue weighted by atomic mass is 16.6. The van der Waals surface area contributed by atoms with E-state index in [-0.39, 0.29) is 31.1 Å². The van der Waals surface area contributed by atoms with Gasteiger partial charge in [-0.15, -0.1) is 0 Å². The molecule has 0 spiro atoms. The summed E-state index contributed by atoms with van der Waals surface area (Å²) in [6.45, 7) is 6.61. The molecule has 0 aliphatic rings. The van der Waals surface area contributed by atoms with Crippen LogP contribution in [0.4, 0.5) is 0 Å². The van der Waals surface area contributed by atoms with Crippen molar-refractivity contribution in [1.82, 2.24) is 0 Å². The third kappa shape index (κ3) is 50.7. The lowest BCUT2D eigenvalue weighted by Gasteiger charge is -2.18. The lowest BCUT2D eigenvalue weighted by atomic mass is 10.0. The Morgan fingerprint density at radius 3 is 0.857 bits per heavy atom. The molecule has 0 radical (unpaired) electrons. The zero-order valence-corrected chi connectivity index (χ0v) is 42.4. The van der Waals surface area contributed by atoms with E-state index in [0.29, 0.717) is 19.3 Å². The normalized spacial score (nSPS) is 12.1. The highest BCUT2D eigenvalue weighted by molar-refractivity contribution is 5.71. The fourth-order valence-electron chi connectivity index (χ4n) is 8.18. The lowest BCUT2D eigenvalue weighted by molar-refractivity contribution is -0.167. The molecule has 0 saturated carbocycles. The van der Waals surface area contributed by atoms with Crippen LogP contribution in [0.1, 0.15) is 303 Å². The van der Waals surface area contributed by atoms with Crippen molar-refractivity contribution in [3.8, 4) is 0 Å². The van der Waals surface area contributed by atoms with Crippen LogP contribution in [0.3, 0.4) is 0 Å². The minimum absolute atomic E-state index is 0.0733. The highest BCUT2D eigenvalue weighted by Crippen LogP contribution is 2.17. The maximum absolute atomic E-state index is 12.8. The van der Waals surface area contributed by atoms with Crippen LogP contribution in [0.15, 0.2) is 24.3 Å². The monoisotopic (exact) mass is 887 g/mol. The van der Waals surface area contributed by atoms with Gasteiger partial charge in [-0.3, -0.25) is 14.4 Å². The van der Waals surface area contributed by atoms with Crippen molar-refractivity contribution in [2.75, 3.05) is 13.2 Å². The largest absolute Gasteiger partial charge is 0.462 e. The maximum atomic E-state index is 12.8. The molecule has 1 atom stereocenters. The van der Waals surface area contributed by atoms with Crippen LogP contribution in [-0.4, -0.2) is 37.2 Å². The predicted octanol–water partition coefficient (Wildman–Crippen LogP) is 18.3. The Hall–Kier alpha value is -2.11. The van der Waals surface area contributed by atoms with Gasteiger partial charge in [0.2, 0.25) is 0 Å². The van der Waals surface area contributed by atoms with Crippen molar-refractivity contribution < 1.29 is 28.6 Å². The Morgan fingerprint density at radius 1 is 0.302 bits per heavy atom. The summed E-state index contributed by atoms with van der Waals surface area (Å²) in [6, 6.07) is 0. The second-order valence-corrected chi connectivity index (χ2v) is 18.8. The zero-order valence-electron chi connectivity index (χ0n) is 42.4. The summed E-state index contributed by atoms with van der Waals surface area (Å²) in [5.41, 5.74) is 0. The van der Waals surface area contributed by atoms with Crippen molar-refractivity contribution in [2.24, 2.45) is 0 Å². The number of carbonyl (C=O) groups is 3. The third-order valence-corrected chi connectivity index (χ3v) is 12.4. The topological polar surface area (TPSA) is 78.9 Å². The van der Waals surface area contributed by atoms with Crippen LogP contribution < -0.4 is 0 Å². The first-order valence-electron chi connectivity index (χ1n) is 27.8. The van der Waals surface area contributed by atoms with E-state index in [1.807, 2.05) is 0 Å². The molecule has 0 aliphatic heterocycles. The number of rotatable bonds is 51. The molecule has 0 aromatic carbocycles.